The van der Waals surface area contributed by atoms with E-state index in [9.17, 15) is 0 Å². The van der Waals surface area contributed by atoms with E-state index in [-0.39, 0.29) is 0 Å². The molecule has 2 nitrogen and oxygen atoms in total. The number of rotatable bonds is 5. The van der Waals surface area contributed by atoms with Gasteiger partial charge in [0, 0.05) is 15.8 Å². The Morgan fingerprint density at radius 3 is 2.82 bits per heavy atom. The van der Waals surface area contributed by atoms with Crippen molar-refractivity contribution in [2.45, 2.75) is 39.9 Å². The van der Waals surface area contributed by atoms with Crippen molar-refractivity contribution in [3.63, 3.8) is 0 Å². The van der Waals surface area contributed by atoms with E-state index in [1.54, 1.807) is 11.3 Å². The molecule has 0 aliphatic rings. The Labute approximate surface area is 108 Å². The van der Waals surface area contributed by atoms with E-state index in [4.69, 9.17) is 10.5 Å². The Bertz CT molecular complexity index is 386. The fourth-order valence-electron chi connectivity index (χ4n) is 1.63. The second-order valence-electron chi connectivity index (χ2n) is 4.56. The molecule has 94 valence electrons. The molecule has 1 heterocycles. The lowest BCUT2D eigenvalue weighted by atomic mass is 10.1. The summed E-state index contributed by atoms with van der Waals surface area (Å²) in [5.74, 6) is 6.56. The maximum Gasteiger partial charge on any atom is 0.0813 e. The highest BCUT2D eigenvalue weighted by atomic mass is 32.1. The Balaban J connectivity index is 2.39. The van der Waals surface area contributed by atoms with Gasteiger partial charge in [0.25, 0.3) is 0 Å². The zero-order valence-electron chi connectivity index (χ0n) is 10.8. The summed E-state index contributed by atoms with van der Waals surface area (Å²) in [4.78, 5) is 1.22. The minimum absolute atomic E-state index is 0.315. The van der Waals surface area contributed by atoms with E-state index in [0.717, 1.165) is 12.0 Å². The average molecular weight is 251 g/mol. The smallest absolute Gasteiger partial charge is 0.0813 e. The van der Waals surface area contributed by atoms with Gasteiger partial charge in [-0.2, -0.15) is 0 Å². The van der Waals surface area contributed by atoms with Crippen molar-refractivity contribution in [1.29, 1.82) is 0 Å². The third-order valence-corrected chi connectivity index (χ3v) is 3.21. The van der Waals surface area contributed by atoms with Crippen molar-refractivity contribution in [2.24, 2.45) is 11.7 Å². The molecule has 0 fully saturated rings. The van der Waals surface area contributed by atoms with E-state index in [0.29, 0.717) is 25.2 Å². The van der Waals surface area contributed by atoms with Crippen LogP contribution in [-0.2, 0) is 11.3 Å². The van der Waals surface area contributed by atoms with Gasteiger partial charge in [-0.05, 0) is 25.3 Å². The fraction of sp³-hybridized carbons (Fsp3) is 0.571. The van der Waals surface area contributed by atoms with Crippen LogP contribution >= 0.6 is 11.3 Å². The molecule has 2 N–H and O–H groups in total. The number of hydrogen-bond donors (Lipinski definition) is 1. The van der Waals surface area contributed by atoms with Crippen molar-refractivity contribution in [3.05, 3.63) is 21.9 Å². The standard InChI is InChI=1S/C14H21NOS/c1-11(2)7-12(3)16-9-14-8-13(10-17-14)5-4-6-15/h8,10-12H,6-7,9,15H2,1-3H3. The molecule has 0 radical (unpaired) electrons. The number of hydrogen-bond acceptors (Lipinski definition) is 3. The Morgan fingerprint density at radius 2 is 2.18 bits per heavy atom. The van der Waals surface area contributed by atoms with Gasteiger partial charge in [0.15, 0.2) is 0 Å². The van der Waals surface area contributed by atoms with Crippen LogP contribution in [-0.4, -0.2) is 12.6 Å². The second-order valence-corrected chi connectivity index (χ2v) is 5.55. The summed E-state index contributed by atoms with van der Waals surface area (Å²) in [5.41, 5.74) is 6.37. The number of nitrogens with two attached hydrogens (primary N) is 1. The summed E-state index contributed by atoms with van der Waals surface area (Å²) in [6.07, 6.45) is 1.42. The van der Waals surface area contributed by atoms with Gasteiger partial charge in [-0.1, -0.05) is 25.7 Å². The Kier molecular flexibility index (Phi) is 6.28. The zero-order chi connectivity index (χ0) is 12.7. The Hall–Kier alpha value is -0.820. The largest absolute Gasteiger partial charge is 0.373 e. The first-order valence-electron chi connectivity index (χ1n) is 5.99. The van der Waals surface area contributed by atoms with Gasteiger partial charge < -0.3 is 10.5 Å². The van der Waals surface area contributed by atoms with Crippen LogP contribution in [0.25, 0.3) is 0 Å². The van der Waals surface area contributed by atoms with E-state index >= 15 is 0 Å². The molecule has 1 aromatic heterocycles. The van der Waals surface area contributed by atoms with Crippen molar-refractivity contribution in [3.8, 4) is 11.8 Å². The molecular formula is C14H21NOS. The van der Waals surface area contributed by atoms with E-state index < -0.39 is 0 Å². The van der Waals surface area contributed by atoms with Crippen LogP contribution in [0.15, 0.2) is 11.4 Å². The van der Waals surface area contributed by atoms with E-state index in [1.807, 2.05) is 0 Å². The van der Waals surface area contributed by atoms with Crippen molar-refractivity contribution >= 4 is 11.3 Å². The van der Waals surface area contributed by atoms with Gasteiger partial charge in [-0.25, -0.2) is 0 Å². The van der Waals surface area contributed by atoms with Crippen LogP contribution in [0.3, 0.4) is 0 Å². The lowest BCUT2D eigenvalue weighted by Crippen LogP contribution is -2.10. The third-order valence-electron chi connectivity index (χ3n) is 2.30. The van der Waals surface area contributed by atoms with Crippen LogP contribution in [0.2, 0.25) is 0 Å². The van der Waals surface area contributed by atoms with Gasteiger partial charge in [0.2, 0.25) is 0 Å². The van der Waals surface area contributed by atoms with Crippen LogP contribution in [0.5, 0.6) is 0 Å². The fourth-order valence-corrected chi connectivity index (χ4v) is 2.37. The summed E-state index contributed by atoms with van der Waals surface area (Å²) in [5, 5.41) is 2.05. The van der Waals surface area contributed by atoms with Gasteiger partial charge in [0.1, 0.15) is 0 Å². The topological polar surface area (TPSA) is 35.2 Å². The second kappa shape index (κ2) is 7.50. The minimum Gasteiger partial charge on any atom is -0.373 e. The minimum atomic E-state index is 0.315. The molecule has 1 rings (SSSR count). The molecule has 3 heteroatoms. The molecule has 0 bridgehead atoms. The summed E-state index contributed by atoms with van der Waals surface area (Å²) >= 11 is 1.69. The lowest BCUT2D eigenvalue weighted by molar-refractivity contribution is 0.0412. The van der Waals surface area contributed by atoms with Gasteiger partial charge in [0.05, 0.1) is 19.3 Å². The van der Waals surface area contributed by atoms with Crippen LogP contribution in [0.4, 0.5) is 0 Å². The molecule has 0 saturated heterocycles. The third kappa shape index (κ3) is 5.88. The molecule has 0 saturated carbocycles. The molecule has 0 amide bonds. The van der Waals surface area contributed by atoms with Gasteiger partial charge in [-0.15, -0.1) is 11.3 Å². The Morgan fingerprint density at radius 1 is 1.41 bits per heavy atom. The van der Waals surface area contributed by atoms with Crippen LogP contribution < -0.4 is 5.73 Å². The highest BCUT2D eigenvalue weighted by Crippen LogP contribution is 2.17. The maximum atomic E-state index is 5.79. The van der Waals surface area contributed by atoms with Crippen molar-refractivity contribution < 1.29 is 4.74 Å². The first-order valence-corrected chi connectivity index (χ1v) is 6.87. The summed E-state index contributed by atoms with van der Waals surface area (Å²) in [6.45, 7) is 7.65. The SMILES string of the molecule is CC(C)CC(C)OCc1cc(C#CCN)cs1. The van der Waals surface area contributed by atoms with E-state index in [2.05, 4.69) is 44.1 Å². The molecule has 17 heavy (non-hydrogen) atoms. The van der Waals surface area contributed by atoms with Crippen LogP contribution in [0.1, 0.15) is 37.6 Å². The predicted octanol–water partition coefficient (Wildman–Crippen LogP) is 3.01. The van der Waals surface area contributed by atoms with Crippen molar-refractivity contribution in [2.75, 3.05) is 6.54 Å². The summed E-state index contributed by atoms with van der Waals surface area (Å²) in [7, 11) is 0. The molecule has 0 spiro atoms. The van der Waals surface area contributed by atoms with Crippen molar-refractivity contribution in [1.82, 2.24) is 0 Å². The zero-order valence-corrected chi connectivity index (χ0v) is 11.6. The molecule has 0 aromatic carbocycles. The first-order chi connectivity index (χ1) is 8.11. The number of ether oxygens (including phenoxy) is 1. The number of thiophene rings is 1. The lowest BCUT2D eigenvalue weighted by Gasteiger charge is -2.14. The molecule has 1 aromatic rings. The molecule has 0 aliphatic carbocycles. The van der Waals surface area contributed by atoms with Gasteiger partial charge in [-0.3, -0.25) is 0 Å². The molecule has 0 aliphatic heterocycles. The first kappa shape index (κ1) is 14.2. The average Bonchev–Trinajstić information content (AvgIpc) is 2.70. The highest BCUT2D eigenvalue weighted by molar-refractivity contribution is 7.10. The highest BCUT2D eigenvalue weighted by Gasteiger charge is 2.06. The molecule has 1 unspecified atom stereocenters. The quantitative estimate of drug-likeness (QED) is 0.816. The molecule has 1 atom stereocenters. The van der Waals surface area contributed by atoms with E-state index in [1.165, 1.54) is 4.88 Å². The van der Waals surface area contributed by atoms with Gasteiger partial charge >= 0.3 is 0 Å². The summed E-state index contributed by atoms with van der Waals surface area (Å²) in [6, 6.07) is 2.08. The molecular weight excluding hydrogens is 230 g/mol. The predicted molar refractivity (Wildman–Crippen MR) is 74.0 cm³/mol. The van der Waals surface area contributed by atoms with Crippen LogP contribution in [0, 0.1) is 17.8 Å². The monoisotopic (exact) mass is 251 g/mol. The maximum absolute atomic E-state index is 5.79. The summed E-state index contributed by atoms with van der Waals surface area (Å²) < 4.78 is 5.79. The normalized spacial score (nSPS) is 12.3.